The molecule has 2 saturated heterocycles. The Labute approximate surface area is 277 Å². The van der Waals surface area contributed by atoms with Crippen molar-refractivity contribution in [2.24, 2.45) is 0 Å². The summed E-state index contributed by atoms with van der Waals surface area (Å²) in [5.74, 6) is 1.47. The summed E-state index contributed by atoms with van der Waals surface area (Å²) in [4.78, 5) is 29.2. The zero-order valence-electron chi connectivity index (χ0n) is 27.1. The number of likely N-dealkylation sites (tertiary alicyclic amines) is 1. The molecule has 1 spiro atoms. The van der Waals surface area contributed by atoms with Gasteiger partial charge in [0.15, 0.2) is 23.1 Å². The van der Waals surface area contributed by atoms with E-state index in [4.69, 9.17) is 29.7 Å². The van der Waals surface area contributed by atoms with Crippen molar-refractivity contribution in [1.29, 1.82) is 5.26 Å². The summed E-state index contributed by atoms with van der Waals surface area (Å²) in [5, 5.41) is 22.1. The number of anilines is 1. The minimum atomic E-state index is -0.494. The second kappa shape index (κ2) is 12.0. The molecule has 0 bridgehead atoms. The van der Waals surface area contributed by atoms with Crippen LogP contribution in [0.15, 0.2) is 29.0 Å². The summed E-state index contributed by atoms with van der Waals surface area (Å²) in [7, 11) is 2.11. The Balaban J connectivity index is 1.19. The van der Waals surface area contributed by atoms with Gasteiger partial charge in [0.25, 0.3) is 5.91 Å². The number of amides is 1. The molecule has 248 valence electrons. The van der Waals surface area contributed by atoms with Crippen molar-refractivity contribution in [1.82, 2.24) is 40.1 Å². The van der Waals surface area contributed by atoms with E-state index in [1.165, 1.54) is 11.0 Å². The van der Waals surface area contributed by atoms with Crippen LogP contribution in [-0.4, -0.2) is 85.7 Å². The topological polar surface area (TPSA) is 183 Å². The molecule has 14 heteroatoms. The molecule has 0 saturated carbocycles. The largest absolute Gasteiger partial charge is 0.473 e. The van der Waals surface area contributed by atoms with E-state index in [1.54, 1.807) is 6.07 Å². The molecule has 8 rings (SSSR count). The average Bonchev–Trinajstić information content (AvgIpc) is 3.93. The van der Waals surface area contributed by atoms with E-state index in [0.717, 1.165) is 80.4 Å². The number of ether oxygens (including phenoxy) is 2. The number of nitrogens with zero attached hydrogens (tertiary/aromatic N) is 8. The molecule has 2 aliphatic heterocycles. The van der Waals surface area contributed by atoms with Gasteiger partial charge < -0.3 is 25.0 Å². The molecule has 1 aromatic carbocycles. The molecule has 1 amide bonds. The van der Waals surface area contributed by atoms with E-state index >= 15 is 0 Å². The molecule has 2 aliphatic carbocycles. The first-order valence-corrected chi connectivity index (χ1v) is 16.7. The molecule has 48 heavy (non-hydrogen) atoms. The third-order valence-corrected chi connectivity index (χ3v) is 10.5. The zero-order chi connectivity index (χ0) is 33.0. The quantitative estimate of drug-likeness (QED) is 0.279. The molecule has 4 aliphatic rings. The molecule has 2 fully saturated rings. The minimum absolute atomic E-state index is 0.0266. The number of benzene rings is 1. The lowest BCUT2D eigenvalue weighted by atomic mass is 9.68. The number of nitrogen functional groups attached to an aromatic ring is 1. The zero-order valence-corrected chi connectivity index (χ0v) is 27.1. The van der Waals surface area contributed by atoms with Gasteiger partial charge in [-0.1, -0.05) is 11.2 Å². The van der Waals surface area contributed by atoms with Gasteiger partial charge >= 0.3 is 0 Å². The highest BCUT2D eigenvalue weighted by Crippen LogP contribution is 2.54. The SMILES string of the molecule is C[C@H](Oc1cc(-n2cnc(C(=O)N[C@H]3CCOC3)n2)nc(-c2noc3c2CCC[C@@]32CCc3ccc(N)c(C#N)c32)n1)[C@@H]1CCCN1C. The second-order valence-corrected chi connectivity index (χ2v) is 13.4. The molecule has 3 aromatic heterocycles. The molecule has 5 heterocycles. The van der Waals surface area contributed by atoms with Crippen molar-refractivity contribution in [3.05, 3.63) is 58.4 Å². The number of fused-ring (bicyclic) bond motifs is 4. The summed E-state index contributed by atoms with van der Waals surface area (Å²) in [6.07, 6.45) is 8.28. The lowest BCUT2D eigenvalue weighted by Crippen LogP contribution is -2.38. The number of likely N-dealkylation sites (N-methyl/N-ethyl adjacent to an activating group) is 1. The van der Waals surface area contributed by atoms with Gasteiger partial charge in [-0.05, 0) is 89.1 Å². The van der Waals surface area contributed by atoms with Crippen molar-refractivity contribution in [2.45, 2.75) is 81.9 Å². The van der Waals surface area contributed by atoms with Gasteiger partial charge in [0.1, 0.15) is 18.5 Å². The van der Waals surface area contributed by atoms with Crippen LogP contribution in [0, 0.1) is 11.3 Å². The highest BCUT2D eigenvalue weighted by Gasteiger charge is 2.49. The van der Waals surface area contributed by atoms with Gasteiger partial charge in [0, 0.05) is 30.0 Å². The van der Waals surface area contributed by atoms with Crippen LogP contribution in [0.2, 0.25) is 0 Å². The summed E-state index contributed by atoms with van der Waals surface area (Å²) in [6.45, 7) is 4.15. The first-order valence-electron chi connectivity index (χ1n) is 16.7. The molecule has 4 atom stereocenters. The summed E-state index contributed by atoms with van der Waals surface area (Å²) in [6, 6.07) is 8.09. The van der Waals surface area contributed by atoms with Crippen LogP contribution < -0.4 is 15.8 Å². The van der Waals surface area contributed by atoms with Crippen LogP contribution in [0.1, 0.15) is 84.1 Å². The highest BCUT2D eigenvalue weighted by molar-refractivity contribution is 5.90. The smallest absolute Gasteiger partial charge is 0.291 e. The first-order chi connectivity index (χ1) is 23.3. The number of aromatic nitrogens is 6. The maximum Gasteiger partial charge on any atom is 0.291 e. The van der Waals surface area contributed by atoms with Crippen molar-refractivity contribution in [3.8, 4) is 29.3 Å². The van der Waals surface area contributed by atoms with Gasteiger partial charge in [0.2, 0.25) is 11.7 Å². The van der Waals surface area contributed by atoms with Crippen molar-refractivity contribution >= 4 is 11.6 Å². The number of nitrogens with one attached hydrogen (secondary N) is 1. The molecular formula is C34H38N10O4. The summed E-state index contributed by atoms with van der Waals surface area (Å²) < 4.78 is 19.5. The predicted molar refractivity (Wildman–Crippen MR) is 172 cm³/mol. The van der Waals surface area contributed by atoms with Crippen LogP contribution in [0.5, 0.6) is 5.88 Å². The molecule has 0 radical (unpaired) electrons. The number of hydrogen-bond donors (Lipinski definition) is 2. The van der Waals surface area contributed by atoms with Gasteiger partial charge in [0.05, 0.1) is 23.6 Å². The Kier molecular flexibility index (Phi) is 7.60. The predicted octanol–water partition coefficient (Wildman–Crippen LogP) is 3.11. The third kappa shape index (κ3) is 5.09. The van der Waals surface area contributed by atoms with Crippen molar-refractivity contribution < 1.29 is 18.8 Å². The monoisotopic (exact) mass is 650 g/mol. The van der Waals surface area contributed by atoms with Crippen LogP contribution in [0.25, 0.3) is 17.3 Å². The fourth-order valence-electron chi connectivity index (χ4n) is 8.13. The van der Waals surface area contributed by atoms with E-state index in [-0.39, 0.29) is 29.9 Å². The number of rotatable bonds is 7. The maximum atomic E-state index is 12.9. The van der Waals surface area contributed by atoms with E-state index < -0.39 is 5.41 Å². The van der Waals surface area contributed by atoms with Crippen LogP contribution >= 0.6 is 0 Å². The minimum Gasteiger partial charge on any atom is -0.473 e. The standard InChI is InChI=1S/C34H38N10O4/c1-19(25-6-4-13-43(25)2)47-27-15-26(44-18-37-32(41-44)33(45)38-21-10-14-46-17-21)39-31(40-27)29-22-5-3-11-34(30(22)48-42-29)12-9-20-7-8-24(36)23(16-35)28(20)34/h7-8,15,18-19,21,25H,3-6,9-14,17,36H2,1-2H3,(H,38,45)/t19-,21-,25-,34-/m0/s1. The first kappa shape index (κ1) is 30.5. The normalized spacial score (nSPS) is 23.9. The summed E-state index contributed by atoms with van der Waals surface area (Å²) >= 11 is 0. The number of carbonyl (C=O) groups excluding carboxylic acids is 1. The van der Waals surface area contributed by atoms with E-state index in [2.05, 4.69) is 45.5 Å². The number of aryl methyl sites for hydroxylation is 1. The molecule has 14 nitrogen and oxygen atoms in total. The molecule has 0 unspecified atom stereocenters. The van der Waals surface area contributed by atoms with Crippen molar-refractivity contribution in [3.63, 3.8) is 0 Å². The van der Waals surface area contributed by atoms with Gasteiger partial charge in [-0.25, -0.2) is 14.6 Å². The maximum absolute atomic E-state index is 12.9. The van der Waals surface area contributed by atoms with E-state index in [9.17, 15) is 10.1 Å². The van der Waals surface area contributed by atoms with Crippen LogP contribution in [0.4, 0.5) is 5.69 Å². The van der Waals surface area contributed by atoms with Gasteiger partial charge in [-0.2, -0.15) is 10.2 Å². The lowest BCUT2D eigenvalue weighted by Gasteiger charge is -2.33. The van der Waals surface area contributed by atoms with Crippen LogP contribution in [0.3, 0.4) is 0 Å². The number of nitrogens with two attached hydrogens (primary N) is 1. The number of carbonyl (C=O) groups is 1. The molecule has 3 N–H and O–H groups in total. The Morgan fingerprint density at radius 2 is 2.12 bits per heavy atom. The Morgan fingerprint density at radius 3 is 2.92 bits per heavy atom. The number of nitriles is 1. The highest BCUT2D eigenvalue weighted by atomic mass is 16.5. The van der Waals surface area contributed by atoms with Crippen molar-refractivity contribution in [2.75, 3.05) is 32.5 Å². The summed E-state index contributed by atoms with van der Waals surface area (Å²) in [5.41, 5.74) is 10.3. The third-order valence-electron chi connectivity index (χ3n) is 10.5. The van der Waals surface area contributed by atoms with Gasteiger partial charge in [-0.3, -0.25) is 9.69 Å². The molecule has 4 aromatic rings. The fraction of sp³-hybridized carbons (Fsp3) is 0.500. The van der Waals surface area contributed by atoms with Gasteiger partial charge in [-0.15, -0.1) is 5.10 Å². The average molecular weight is 651 g/mol. The Bertz CT molecular complexity index is 1920. The molecular weight excluding hydrogens is 612 g/mol. The lowest BCUT2D eigenvalue weighted by molar-refractivity contribution is 0.0919. The van der Waals surface area contributed by atoms with E-state index in [1.807, 2.05) is 12.1 Å². The Hall–Kier alpha value is -4.87. The Morgan fingerprint density at radius 1 is 1.23 bits per heavy atom. The fourth-order valence-corrected chi connectivity index (χ4v) is 8.13. The van der Waals surface area contributed by atoms with Crippen LogP contribution in [-0.2, 0) is 23.0 Å². The van der Waals surface area contributed by atoms with E-state index in [0.29, 0.717) is 47.7 Å². The second-order valence-electron chi connectivity index (χ2n) is 13.4. The number of hydrogen-bond acceptors (Lipinski definition) is 12.